The Hall–Kier alpha value is -2.62. The summed E-state index contributed by atoms with van der Waals surface area (Å²) >= 11 is 0. The van der Waals surface area contributed by atoms with E-state index in [0.29, 0.717) is 0 Å². The second-order valence-corrected chi connectivity index (χ2v) is 3.32. The van der Waals surface area contributed by atoms with E-state index in [0.717, 1.165) is 27.5 Å². The highest BCUT2D eigenvalue weighted by Gasteiger charge is 2.06. The fourth-order valence-corrected chi connectivity index (χ4v) is 1.77. The average molecular weight is 200 g/mol. The van der Waals surface area contributed by atoms with E-state index in [1.165, 1.54) is 0 Å². The van der Waals surface area contributed by atoms with Crippen molar-refractivity contribution in [1.82, 2.24) is 0 Å². The Bertz CT molecular complexity index is 663. The molecule has 0 heterocycles. The van der Waals surface area contributed by atoms with Crippen LogP contribution >= 0.6 is 0 Å². The van der Waals surface area contributed by atoms with Crippen molar-refractivity contribution in [1.29, 1.82) is 0 Å². The molecule has 0 heteroatoms. The van der Waals surface area contributed by atoms with Gasteiger partial charge in [0.25, 0.3) is 0 Å². The van der Waals surface area contributed by atoms with Crippen molar-refractivity contribution in [2.45, 2.75) is 0 Å². The quantitative estimate of drug-likeness (QED) is 0.574. The third-order valence-electron chi connectivity index (χ3n) is 2.51. The Balaban J connectivity index is 3.06. The third-order valence-corrected chi connectivity index (χ3v) is 2.51. The Kier molecular flexibility index (Phi) is 2.39. The molecule has 0 N–H and O–H groups in total. The van der Waals surface area contributed by atoms with Crippen molar-refractivity contribution in [3.8, 4) is 37.0 Å². The first kappa shape index (κ1) is 9.92. The van der Waals surface area contributed by atoms with E-state index < -0.39 is 0 Å². The van der Waals surface area contributed by atoms with Crippen molar-refractivity contribution in [3.05, 3.63) is 47.0 Å². The van der Waals surface area contributed by atoms with Gasteiger partial charge in [0.15, 0.2) is 0 Å². The van der Waals surface area contributed by atoms with Crippen LogP contribution in [0.2, 0.25) is 0 Å². The van der Waals surface area contributed by atoms with Crippen molar-refractivity contribution < 1.29 is 0 Å². The predicted molar refractivity (Wildman–Crippen MR) is 67.8 cm³/mol. The maximum absolute atomic E-state index is 5.46. The highest BCUT2D eigenvalue weighted by molar-refractivity contribution is 5.96. The Morgan fingerprint density at radius 1 is 0.688 bits per heavy atom. The van der Waals surface area contributed by atoms with Crippen LogP contribution in [0, 0.1) is 37.0 Å². The average Bonchev–Trinajstić information content (AvgIpc) is 2.36. The van der Waals surface area contributed by atoms with Crippen LogP contribution < -0.4 is 0 Å². The van der Waals surface area contributed by atoms with Gasteiger partial charge in [-0.1, -0.05) is 29.9 Å². The van der Waals surface area contributed by atoms with Crippen molar-refractivity contribution >= 4 is 10.8 Å². The molecular weight excluding hydrogens is 192 g/mol. The molecule has 0 radical (unpaired) electrons. The number of fused-ring (bicyclic) bond motifs is 1. The molecule has 2 aromatic carbocycles. The zero-order valence-corrected chi connectivity index (χ0v) is 8.62. The lowest BCUT2D eigenvalue weighted by atomic mass is 9.96. The van der Waals surface area contributed by atoms with Crippen molar-refractivity contribution in [2.24, 2.45) is 0 Å². The van der Waals surface area contributed by atoms with Crippen LogP contribution in [-0.2, 0) is 0 Å². The summed E-state index contributed by atoms with van der Waals surface area (Å²) in [6, 6.07) is 9.37. The first-order chi connectivity index (χ1) is 7.81. The van der Waals surface area contributed by atoms with E-state index in [1.807, 2.05) is 30.3 Å². The van der Waals surface area contributed by atoms with E-state index in [2.05, 4.69) is 17.8 Å². The van der Waals surface area contributed by atoms with Gasteiger partial charge in [-0.05, 0) is 23.6 Å². The highest BCUT2D eigenvalue weighted by atomic mass is 14.1. The minimum Gasteiger partial charge on any atom is -0.115 e. The standard InChI is InChI=1S/C16H8/c1-4-12-10-11-14(6-3)16-13(5-2)8-7-9-15(12)16/h1-3,7-11H. The van der Waals surface area contributed by atoms with Crippen LogP contribution in [0.4, 0.5) is 0 Å². The summed E-state index contributed by atoms with van der Waals surface area (Å²) < 4.78 is 0. The first-order valence-electron chi connectivity index (χ1n) is 4.77. The van der Waals surface area contributed by atoms with Gasteiger partial charge in [0, 0.05) is 22.1 Å². The highest BCUT2D eigenvalue weighted by Crippen LogP contribution is 2.25. The summed E-state index contributed by atoms with van der Waals surface area (Å²) in [4.78, 5) is 0. The lowest BCUT2D eigenvalue weighted by Crippen LogP contribution is -1.88. The van der Waals surface area contributed by atoms with Gasteiger partial charge in [0.05, 0.1) is 0 Å². The normalized spacial score (nSPS) is 9.06. The van der Waals surface area contributed by atoms with E-state index in [-0.39, 0.29) is 0 Å². The van der Waals surface area contributed by atoms with E-state index in [1.54, 1.807) is 0 Å². The number of hydrogen-bond donors (Lipinski definition) is 0. The number of rotatable bonds is 0. The van der Waals surface area contributed by atoms with Crippen molar-refractivity contribution in [3.63, 3.8) is 0 Å². The third kappa shape index (κ3) is 1.33. The van der Waals surface area contributed by atoms with Gasteiger partial charge in [-0.15, -0.1) is 19.3 Å². The molecule has 0 aliphatic rings. The molecule has 0 aliphatic carbocycles. The SMILES string of the molecule is C#Cc1ccc(C#C)c2c(C#C)cccc12. The second-order valence-electron chi connectivity index (χ2n) is 3.32. The minimum absolute atomic E-state index is 0.780. The summed E-state index contributed by atoms with van der Waals surface area (Å²) in [5.74, 6) is 7.90. The summed E-state index contributed by atoms with van der Waals surface area (Å²) in [7, 11) is 0. The molecule has 0 atom stereocenters. The van der Waals surface area contributed by atoms with Gasteiger partial charge in [0.2, 0.25) is 0 Å². The molecule has 2 aromatic rings. The molecule has 0 spiro atoms. The molecule has 16 heavy (non-hydrogen) atoms. The number of hydrogen-bond acceptors (Lipinski definition) is 0. The topological polar surface area (TPSA) is 0 Å². The molecule has 0 aromatic heterocycles. The Morgan fingerprint density at radius 3 is 1.88 bits per heavy atom. The largest absolute Gasteiger partial charge is 0.115 e. The van der Waals surface area contributed by atoms with Gasteiger partial charge in [-0.3, -0.25) is 0 Å². The van der Waals surface area contributed by atoms with Crippen LogP contribution in [0.3, 0.4) is 0 Å². The minimum atomic E-state index is 0.780. The Morgan fingerprint density at radius 2 is 1.25 bits per heavy atom. The van der Waals surface area contributed by atoms with E-state index in [4.69, 9.17) is 19.3 Å². The van der Waals surface area contributed by atoms with E-state index in [9.17, 15) is 0 Å². The van der Waals surface area contributed by atoms with Crippen LogP contribution in [0.25, 0.3) is 10.8 Å². The molecule has 0 saturated heterocycles. The zero-order chi connectivity index (χ0) is 11.5. The summed E-state index contributed by atoms with van der Waals surface area (Å²) in [6.45, 7) is 0. The molecule has 0 fully saturated rings. The monoisotopic (exact) mass is 200 g/mol. The Labute approximate surface area is 95.3 Å². The fraction of sp³-hybridized carbons (Fsp3) is 0. The summed E-state index contributed by atoms with van der Waals surface area (Å²) in [5.41, 5.74) is 2.37. The molecule has 0 bridgehead atoms. The molecule has 72 valence electrons. The lowest BCUT2D eigenvalue weighted by Gasteiger charge is -2.06. The predicted octanol–water partition coefficient (Wildman–Crippen LogP) is 2.78. The first-order valence-corrected chi connectivity index (χ1v) is 4.77. The van der Waals surface area contributed by atoms with E-state index >= 15 is 0 Å². The van der Waals surface area contributed by atoms with Gasteiger partial charge in [0.1, 0.15) is 0 Å². The molecule has 0 aliphatic heterocycles. The maximum atomic E-state index is 5.46. The van der Waals surface area contributed by atoms with Gasteiger partial charge in [-0.25, -0.2) is 0 Å². The lowest BCUT2D eigenvalue weighted by molar-refractivity contribution is 1.64. The van der Waals surface area contributed by atoms with Gasteiger partial charge >= 0.3 is 0 Å². The van der Waals surface area contributed by atoms with Crippen molar-refractivity contribution in [2.75, 3.05) is 0 Å². The van der Waals surface area contributed by atoms with Crippen LogP contribution in [0.1, 0.15) is 16.7 Å². The van der Waals surface area contributed by atoms with Crippen LogP contribution in [-0.4, -0.2) is 0 Å². The zero-order valence-electron chi connectivity index (χ0n) is 8.62. The smallest absolute Gasteiger partial charge is 0.0334 e. The maximum Gasteiger partial charge on any atom is 0.0334 e. The molecule has 0 saturated carbocycles. The van der Waals surface area contributed by atoms with Gasteiger partial charge in [-0.2, -0.15) is 0 Å². The second kappa shape index (κ2) is 3.86. The molecular formula is C16H8. The molecule has 0 amide bonds. The number of benzene rings is 2. The molecule has 0 unspecified atom stereocenters. The number of terminal acetylenes is 3. The van der Waals surface area contributed by atoms with Crippen LogP contribution in [0.15, 0.2) is 30.3 Å². The van der Waals surface area contributed by atoms with Crippen LogP contribution in [0.5, 0.6) is 0 Å². The molecule has 2 rings (SSSR count). The fourth-order valence-electron chi connectivity index (χ4n) is 1.77. The summed E-state index contributed by atoms with van der Waals surface area (Å²) in [6.07, 6.45) is 16.4. The summed E-state index contributed by atoms with van der Waals surface area (Å²) in [5, 5.41) is 1.83. The van der Waals surface area contributed by atoms with Gasteiger partial charge < -0.3 is 0 Å². The molecule has 0 nitrogen and oxygen atoms in total.